The van der Waals surface area contributed by atoms with E-state index in [9.17, 15) is 0 Å². The zero-order valence-electron chi connectivity index (χ0n) is 10.1. The highest BCUT2D eigenvalue weighted by molar-refractivity contribution is 5.82. The lowest BCUT2D eigenvalue weighted by molar-refractivity contribution is 0.359. The van der Waals surface area contributed by atoms with E-state index in [1.807, 2.05) is 0 Å². The van der Waals surface area contributed by atoms with Crippen LogP contribution < -0.4 is 5.32 Å². The van der Waals surface area contributed by atoms with E-state index >= 15 is 0 Å². The van der Waals surface area contributed by atoms with Gasteiger partial charge in [0.2, 0.25) is 0 Å². The number of hydrogen-bond donors (Lipinski definition) is 2. The number of anilines is 1. The molecule has 2 N–H and O–H groups in total. The molecule has 0 aliphatic heterocycles. The standard InChI is InChI=1S/C11H17N5/c1-7(11(2,3)4)16-10-8-9(13-5-12-8)14-6-15-10/h5-7H,1-4H3,(H2,12,13,14,15,16)/t7-/m0/s1. The third-order valence-electron chi connectivity index (χ3n) is 2.87. The van der Waals surface area contributed by atoms with Crippen LogP contribution in [0.5, 0.6) is 0 Å². The normalized spacial score (nSPS) is 14.0. The van der Waals surface area contributed by atoms with Gasteiger partial charge in [-0.3, -0.25) is 0 Å². The van der Waals surface area contributed by atoms with Gasteiger partial charge >= 0.3 is 0 Å². The van der Waals surface area contributed by atoms with Crippen LogP contribution in [-0.2, 0) is 0 Å². The fourth-order valence-electron chi connectivity index (χ4n) is 1.29. The summed E-state index contributed by atoms with van der Waals surface area (Å²) in [5.74, 6) is 0.786. The van der Waals surface area contributed by atoms with Crippen molar-refractivity contribution in [3.05, 3.63) is 12.7 Å². The van der Waals surface area contributed by atoms with Crippen molar-refractivity contribution in [1.82, 2.24) is 19.9 Å². The van der Waals surface area contributed by atoms with Crippen molar-refractivity contribution < 1.29 is 0 Å². The summed E-state index contributed by atoms with van der Waals surface area (Å²) in [5.41, 5.74) is 1.73. The van der Waals surface area contributed by atoms with Gasteiger partial charge in [0.25, 0.3) is 0 Å². The second-order valence-electron chi connectivity index (χ2n) is 5.05. The first-order valence-electron chi connectivity index (χ1n) is 5.39. The number of fused-ring (bicyclic) bond motifs is 1. The van der Waals surface area contributed by atoms with E-state index < -0.39 is 0 Å². The quantitative estimate of drug-likeness (QED) is 0.812. The minimum atomic E-state index is 0.174. The molecule has 2 aromatic rings. The first kappa shape index (κ1) is 10.9. The van der Waals surface area contributed by atoms with Crippen LogP contribution in [0.25, 0.3) is 11.2 Å². The van der Waals surface area contributed by atoms with Crippen LogP contribution in [0.4, 0.5) is 5.82 Å². The fraction of sp³-hybridized carbons (Fsp3) is 0.545. The molecule has 0 aliphatic carbocycles. The Morgan fingerprint density at radius 3 is 2.69 bits per heavy atom. The number of hydrogen-bond acceptors (Lipinski definition) is 4. The summed E-state index contributed by atoms with van der Waals surface area (Å²) in [6.07, 6.45) is 3.17. The summed E-state index contributed by atoms with van der Waals surface area (Å²) in [7, 11) is 0. The lowest BCUT2D eigenvalue weighted by Gasteiger charge is -2.28. The summed E-state index contributed by atoms with van der Waals surface area (Å²) in [6, 6.07) is 0.308. The zero-order chi connectivity index (χ0) is 11.8. The van der Waals surface area contributed by atoms with E-state index in [0.29, 0.717) is 6.04 Å². The van der Waals surface area contributed by atoms with Gasteiger partial charge in [-0.05, 0) is 12.3 Å². The van der Waals surface area contributed by atoms with Crippen LogP contribution >= 0.6 is 0 Å². The maximum Gasteiger partial charge on any atom is 0.162 e. The largest absolute Gasteiger partial charge is 0.365 e. The van der Waals surface area contributed by atoms with Crippen molar-refractivity contribution in [2.24, 2.45) is 5.41 Å². The number of rotatable bonds is 2. The van der Waals surface area contributed by atoms with Crippen LogP contribution in [0.15, 0.2) is 12.7 Å². The SMILES string of the molecule is C[C@H](Nc1ncnc2[nH]cnc12)C(C)(C)C. The van der Waals surface area contributed by atoms with E-state index in [1.54, 1.807) is 6.33 Å². The van der Waals surface area contributed by atoms with E-state index in [2.05, 4.69) is 52.9 Å². The van der Waals surface area contributed by atoms with Crippen LogP contribution in [0.1, 0.15) is 27.7 Å². The van der Waals surface area contributed by atoms with Crippen molar-refractivity contribution in [2.75, 3.05) is 5.32 Å². The first-order valence-corrected chi connectivity index (χ1v) is 5.39. The molecule has 2 aromatic heterocycles. The van der Waals surface area contributed by atoms with Gasteiger partial charge in [-0.2, -0.15) is 0 Å². The van der Waals surface area contributed by atoms with Crippen molar-refractivity contribution in [2.45, 2.75) is 33.7 Å². The molecular weight excluding hydrogens is 202 g/mol. The number of nitrogens with zero attached hydrogens (tertiary/aromatic N) is 3. The van der Waals surface area contributed by atoms with Crippen LogP contribution in [-0.4, -0.2) is 26.0 Å². The molecule has 2 rings (SSSR count). The topological polar surface area (TPSA) is 66.5 Å². The number of aromatic amines is 1. The van der Waals surface area contributed by atoms with Gasteiger partial charge in [0, 0.05) is 6.04 Å². The minimum absolute atomic E-state index is 0.174. The Morgan fingerprint density at radius 2 is 2.00 bits per heavy atom. The second-order valence-corrected chi connectivity index (χ2v) is 5.05. The smallest absolute Gasteiger partial charge is 0.162 e. The average Bonchev–Trinajstić information content (AvgIpc) is 2.65. The highest BCUT2D eigenvalue weighted by Crippen LogP contribution is 2.24. The van der Waals surface area contributed by atoms with Crippen LogP contribution in [0.2, 0.25) is 0 Å². The van der Waals surface area contributed by atoms with E-state index in [1.165, 1.54) is 6.33 Å². The number of H-pyrrole nitrogens is 1. The maximum atomic E-state index is 4.23. The monoisotopic (exact) mass is 219 g/mol. The summed E-state index contributed by atoms with van der Waals surface area (Å²) in [4.78, 5) is 15.5. The molecule has 0 spiro atoms. The number of imidazole rings is 1. The predicted octanol–water partition coefficient (Wildman–Crippen LogP) is 2.20. The summed E-state index contributed by atoms with van der Waals surface area (Å²) >= 11 is 0. The summed E-state index contributed by atoms with van der Waals surface area (Å²) in [5, 5.41) is 3.38. The Labute approximate surface area is 94.7 Å². The second kappa shape index (κ2) is 3.73. The zero-order valence-corrected chi connectivity index (χ0v) is 10.1. The lowest BCUT2D eigenvalue weighted by Crippen LogP contribution is -2.31. The van der Waals surface area contributed by atoms with Crippen LogP contribution in [0, 0.1) is 5.41 Å². The third-order valence-corrected chi connectivity index (χ3v) is 2.87. The highest BCUT2D eigenvalue weighted by Gasteiger charge is 2.21. The van der Waals surface area contributed by atoms with E-state index in [0.717, 1.165) is 17.0 Å². The molecule has 0 saturated heterocycles. The molecular formula is C11H17N5. The van der Waals surface area contributed by atoms with Crippen molar-refractivity contribution in [1.29, 1.82) is 0 Å². The molecule has 1 atom stereocenters. The molecule has 5 nitrogen and oxygen atoms in total. The molecule has 2 heterocycles. The molecule has 5 heteroatoms. The Bertz CT molecular complexity index is 482. The van der Waals surface area contributed by atoms with Crippen molar-refractivity contribution >= 4 is 17.0 Å². The van der Waals surface area contributed by atoms with Crippen molar-refractivity contribution in [3.8, 4) is 0 Å². The first-order chi connectivity index (χ1) is 7.48. The fourth-order valence-corrected chi connectivity index (χ4v) is 1.29. The predicted molar refractivity (Wildman–Crippen MR) is 64.2 cm³/mol. The average molecular weight is 219 g/mol. The lowest BCUT2D eigenvalue weighted by atomic mass is 9.88. The summed E-state index contributed by atoms with van der Waals surface area (Å²) < 4.78 is 0. The molecule has 0 radical (unpaired) electrons. The number of nitrogens with one attached hydrogen (secondary N) is 2. The van der Waals surface area contributed by atoms with E-state index in [-0.39, 0.29) is 5.41 Å². The van der Waals surface area contributed by atoms with Gasteiger partial charge in [0.15, 0.2) is 11.5 Å². The molecule has 0 bridgehead atoms. The molecule has 0 saturated carbocycles. The molecule has 86 valence electrons. The van der Waals surface area contributed by atoms with Gasteiger partial charge in [-0.1, -0.05) is 20.8 Å². The third kappa shape index (κ3) is 1.98. The van der Waals surface area contributed by atoms with E-state index in [4.69, 9.17) is 0 Å². The molecule has 0 amide bonds. The van der Waals surface area contributed by atoms with Gasteiger partial charge in [0.05, 0.1) is 6.33 Å². The molecule has 0 aliphatic rings. The minimum Gasteiger partial charge on any atom is -0.365 e. The van der Waals surface area contributed by atoms with Gasteiger partial charge in [-0.15, -0.1) is 0 Å². The number of aromatic nitrogens is 4. The maximum absolute atomic E-state index is 4.23. The van der Waals surface area contributed by atoms with Gasteiger partial charge < -0.3 is 10.3 Å². The van der Waals surface area contributed by atoms with Crippen molar-refractivity contribution in [3.63, 3.8) is 0 Å². The Hall–Kier alpha value is -1.65. The Morgan fingerprint density at radius 1 is 1.25 bits per heavy atom. The Balaban J connectivity index is 2.31. The summed E-state index contributed by atoms with van der Waals surface area (Å²) in [6.45, 7) is 8.70. The molecule has 0 aromatic carbocycles. The molecule has 0 unspecified atom stereocenters. The van der Waals surface area contributed by atoms with Crippen LogP contribution in [0.3, 0.4) is 0 Å². The van der Waals surface area contributed by atoms with Gasteiger partial charge in [-0.25, -0.2) is 15.0 Å². The molecule has 0 fully saturated rings. The Kier molecular flexibility index (Phi) is 2.53. The molecule has 16 heavy (non-hydrogen) atoms. The highest BCUT2D eigenvalue weighted by atomic mass is 15.1. The van der Waals surface area contributed by atoms with Gasteiger partial charge in [0.1, 0.15) is 11.8 Å².